The summed E-state index contributed by atoms with van der Waals surface area (Å²) in [7, 11) is 0. The first-order chi connectivity index (χ1) is 7.20. The Bertz CT molecular complexity index is 406. The average molecular weight is 225 g/mol. The zero-order valence-electron chi connectivity index (χ0n) is 8.24. The Morgan fingerprint density at radius 3 is 2.80 bits per heavy atom. The number of carbonyl (C=O) groups is 1. The molecular weight excluding hydrogens is 214 g/mol. The van der Waals surface area contributed by atoms with Crippen molar-refractivity contribution < 1.29 is 14.3 Å². The van der Waals surface area contributed by atoms with Gasteiger partial charge in [-0.05, 0) is 18.6 Å². The molecule has 0 saturated heterocycles. The van der Waals surface area contributed by atoms with Crippen LogP contribution in [0.15, 0.2) is 12.1 Å². The fourth-order valence-corrected chi connectivity index (χ4v) is 1.45. The zero-order chi connectivity index (χ0) is 10.8. The number of anilines is 1. The summed E-state index contributed by atoms with van der Waals surface area (Å²) >= 11 is 3.89. The molecule has 0 aliphatic carbocycles. The van der Waals surface area contributed by atoms with Gasteiger partial charge in [0.2, 0.25) is 12.7 Å². The van der Waals surface area contributed by atoms with Gasteiger partial charge in [0.05, 0.1) is 5.75 Å². The maximum Gasteiger partial charge on any atom is 0.234 e. The molecule has 1 aromatic carbocycles. The van der Waals surface area contributed by atoms with Crippen molar-refractivity contribution in [2.24, 2.45) is 0 Å². The average Bonchev–Trinajstić information content (AvgIpc) is 2.65. The van der Waals surface area contributed by atoms with Gasteiger partial charge in [-0.15, -0.1) is 0 Å². The molecule has 1 aliphatic heterocycles. The molecule has 1 amide bonds. The molecule has 80 valence electrons. The number of thiol groups is 1. The lowest BCUT2D eigenvalue weighted by Gasteiger charge is -2.08. The van der Waals surface area contributed by atoms with Crippen molar-refractivity contribution >= 4 is 24.2 Å². The molecule has 0 bridgehead atoms. The summed E-state index contributed by atoms with van der Waals surface area (Å²) in [5.41, 5.74) is 1.67. The van der Waals surface area contributed by atoms with E-state index in [4.69, 9.17) is 9.47 Å². The number of benzene rings is 1. The first kappa shape index (κ1) is 10.2. The van der Waals surface area contributed by atoms with E-state index in [-0.39, 0.29) is 18.5 Å². The van der Waals surface area contributed by atoms with E-state index in [1.165, 1.54) is 0 Å². The Kier molecular flexibility index (Phi) is 2.73. The van der Waals surface area contributed by atoms with Crippen LogP contribution in [0.25, 0.3) is 0 Å². The monoisotopic (exact) mass is 225 g/mol. The molecule has 0 unspecified atom stereocenters. The second-order valence-corrected chi connectivity index (χ2v) is 3.54. The summed E-state index contributed by atoms with van der Waals surface area (Å²) in [5, 5.41) is 2.74. The van der Waals surface area contributed by atoms with Gasteiger partial charge in [0.25, 0.3) is 0 Å². The second-order valence-electron chi connectivity index (χ2n) is 3.23. The molecule has 1 N–H and O–H groups in total. The molecule has 0 saturated carbocycles. The number of fused-ring (bicyclic) bond motifs is 1. The summed E-state index contributed by atoms with van der Waals surface area (Å²) in [6.07, 6.45) is 0. The van der Waals surface area contributed by atoms with Crippen LogP contribution in [0, 0.1) is 6.92 Å². The summed E-state index contributed by atoms with van der Waals surface area (Å²) in [5.74, 6) is 1.40. The number of ether oxygens (including phenoxy) is 2. The Morgan fingerprint density at radius 1 is 1.47 bits per heavy atom. The predicted octanol–water partition coefficient (Wildman–Crippen LogP) is 1.59. The van der Waals surface area contributed by atoms with Gasteiger partial charge >= 0.3 is 0 Å². The number of amides is 1. The number of hydrogen-bond donors (Lipinski definition) is 2. The van der Waals surface area contributed by atoms with Crippen LogP contribution < -0.4 is 14.8 Å². The SMILES string of the molecule is Cc1cc2c(cc1NC(=O)CS)OCO2. The van der Waals surface area contributed by atoms with Crippen LogP contribution in [0.2, 0.25) is 0 Å². The highest BCUT2D eigenvalue weighted by atomic mass is 32.1. The summed E-state index contributed by atoms with van der Waals surface area (Å²) in [6, 6.07) is 3.61. The molecule has 5 heteroatoms. The highest BCUT2D eigenvalue weighted by Crippen LogP contribution is 2.36. The van der Waals surface area contributed by atoms with Gasteiger partial charge in [0, 0.05) is 11.8 Å². The molecule has 1 aliphatic rings. The molecule has 0 atom stereocenters. The summed E-state index contributed by atoms with van der Waals surface area (Å²) in [6.45, 7) is 2.13. The second kappa shape index (κ2) is 4.02. The summed E-state index contributed by atoms with van der Waals surface area (Å²) < 4.78 is 10.4. The molecule has 15 heavy (non-hydrogen) atoms. The minimum absolute atomic E-state index is 0.139. The van der Waals surface area contributed by atoms with Crippen LogP contribution in [0.5, 0.6) is 11.5 Å². The Morgan fingerprint density at radius 2 is 2.13 bits per heavy atom. The Labute approximate surface area is 93.0 Å². The normalized spacial score (nSPS) is 12.7. The topological polar surface area (TPSA) is 47.6 Å². The Balaban J connectivity index is 2.28. The minimum Gasteiger partial charge on any atom is -0.454 e. The van der Waals surface area contributed by atoms with Gasteiger partial charge in [-0.1, -0.05) is 0 Å². The number of rotatable bonds is 2. The van der Waals surface area contributed by atoms with E-state index < -0.39 is 0 Å². The predicted molar refractivity (Wildman–Crippen MR) is 59.8 cm³/mol. The van der Waals surface area contributed by atoms with E-state index in [1.807, 2.05) is 13.0 Å². The molecule has 2 rings (SSSR count). The third-order valence-electron chi connectivity index (χ3n) is 2.14. The molecule has 1 aromatic rings. The molecular formula is C10H11NO3S. The van der Waals surface area contributed by atoms with E-state index in [0.717, 1.165) is 17.0 Å². The minimum atomic E-state index is -0.139. The molecule has 0 fully saturated rings. The van der Waals surface area contributed by atoms with Crippen molar-refractivity contribution in [1.82, 2.24) is 0 Å². The van der Waals surface area contributed by atoms with E-state index in [2.05, 4.69) is 17.9 Å². The smallest absolute Gasteiger partial charge is 0.234 e. The van der Waals surface area contributed by atoms with Crippen LogP contribution in [-0.2, 0) is 4.79 Å². The van der Waals surface area contributed by atoms with Crippen molar-refractivity contribution in [1.29, 1.82) is 0 Å². The quantitative estimate of drug-likeness (QED) is 0.751. The maximum absolute atomic E-state index is 11.2. The largest absolute Gasteiger partial charge is 0.454 e. The van der Waals surface area contributed by atoms with Crippen LogP contribution >= 0.6 is 12.6 Å². The number of carbonyl (C=O) groups excluding carboxylic acids is 1. The lowest BCUT2D eigenvalue weighted by Crippen LogP contribution is -2.13. The highest BCUT2D eigenvalue weighted by Gasteiger charge is 2.16. The standard InChI is InChI=1S/C10H11NO3S/c1-6-2-8-9(14-5-13-8)3-7(6)11-10(12)4-15/h2-3,15H,4-5H2,1H3,(H,11,12). The number of hydrogen-bond acceptors (Lipinski definition) is 4. The molecule has 4 nitrogen and oxygen atoms in total. The molecule has 0 aromatic heterocycles. The van der Waals surface area contributed by atoms with Crippen molar-refractivity contribution in [3.8, 4) is 11.5 Å². The van der Waals surface area contributed by atoms with Gasteiger partial charge in [0.1, 0.15) is 0 Å². The van der Waals surface area contributed by atoms with Crippen molar-refractivity contribution in [3.63, 3.8) is 0 Å². The Hall–Kier alpha value is -1.36. The van der Waals surface area contributed by atoms with E-state index >= 15 is 0 Å². The van der Waals surface area contributed by atoms with E-state index in [0.29, 0.717) is 5.75 Å². The van der Waals surface area contributed by atoms with Crippen molar-refractivity contribution in [2.45, 2.75) is 6.92 Å². The maximum atomic E-state index is 11.2. The molecule has 1 heterocycles. The van der Waals surface area contributed by atoms with Crippen molar-refractivity contribution in [3.05, 3.63) is 17.7 Å². The van der Waals surface area contributed by atoms with Crippen molar-refractivity contribution in [2.75, 3.05) is 17.9 Å². The van der Waals surface area contributed by atoms with Gasteiger partial charge in [-0.2, -0.15) is 12.6 Å². The summed E-state index contributed by atoms with van der Waals surface area (Å²) in [4.78, 5) is 11.2. The van der Waals surface area contributed by atoms with Gasteiger partial charge in [0.15, 0.2) is 11.5 Å². The fourth-order valence-electron chi connectivity index (χ4n) is 1.37. The first-order valence-corrected chi connectivity index (χ1v) is 5.15. The van der Waals surface area contributed by atoms with E-state index in [1.54, 1.807) is 6.07 Å². The lowest BCUT2D eigenvalue weighted by atomic mass is 10.2. The zero-order valence-corrected chi connectivity index (χ0v) is 9.14. The highest BCUT2D eigenvalue weighted by molar-refractivity contribution is 7.81. The van der Waals surface area contributed by atoms with Crippen LogP contribution in [0.3, 0.4) is 0 Å². The lowest BCUT2D eigenvalue weighted by molar-refractivity contribution is -0.113. The van der Waals surface area contributed by atoms with Gasteiger partial charge < -0.3 is 14.8 Å². The van der Waals surface area contributed by atoms with E-state index in [9.17, 15) is 4.79 Å². The van der Waals surface area contributed by atoms with Crippen LogP contribution in [-0.4, -0.2) is 18.5 Å². The number of aryl methyl sites for hydroxylation is 1. The van der Waals surface area contributed by atoms with Crippen LogP contribution in [0.1, 0.15) is 5.56 Å². The van der Waals surface area contributed by atoms with Crippen LogP contribution in [0.4, 0.5) is 5.69 Å². The molecule has 0 spiro atoms. The third-order valence-corrected chi connectivity index (χ3v) is 2.42. The fraction of sp³-hybridized carbons (Fsp3) is 0.300. The van der Waals surface area contributed by atoms with Gasteiger partial charge in [-0.3, -0.25) is 4.79 Å². The molecule has 0 radical (unpaired) electrons. The first-order valence-electron chi connectivity index (χ1n) is 4.51. The third kappa shape index (κ3) is 2.02. The number of nitrogens with one attached hydrogen (secondary N) is 1. The van der Waals surface area contributed by atoms with Gasteiger partial charge in [-0.25, -0.2) is 0 Å².